The molecule has 0 aliphatic heterocycles. The average Bonchev–Trinajstić information content (AvgIpc) is 2.92. The maximum Gasteiger partial charge on any atom is 0.339 e. The number of methoxy groups -OCH3 is 1. The topological polar surface area (TPSA) is 56.5 Å². The zero-order valence-electron chi connectivity index (χ0n) is 12.6. The molecule has 0 saturated heterocycles. The van der Waals surface area contributed by atoms with Crippen LogP contribution in [0.5, 0.6) is 0 Å². The summed E-state index contributed by atoms with van der Waals surface area (Å²) in [5.41, 5.74) is 0.982. The summed E-state index contributed by atoms with van der Waals surface area (Å²) in [7, 11) is 1.35. The number of esters is 1. The Bertz CT molecular complexity index is 639. The van der Waals surface area contributed by atoms with Gasteiger partial charge in [-0.25, -0.2) is 4.79 Å². The third-order valence-corrected chi connectivity index (χ3v) is 3.95. The zero-order valence-corrected chi connectivity index (χ0v) is 13.4. The highest BCUT2D eigenvalue weighted by Gasteiger charge is 2.19. The second-order valence-corrected chi connectivity index (χ2v) is 5.47. The van der Waals surface area contributed by atoms with Gasteiger partial charge in [-0.15, -0.1) is 10.2 Å². The van der Waals surface area contributed by atoms with Crippen molar-refractivity contribution < 1.29 is 9.53 Å². The van der Waals surface area contributed by atoms with Crippen molar-refractivity contribution in [2.45, 2.75) is 45.4 Å². The van der Waals surface area contributed by atoms with Gasteiger partial charge in [0.2, 0.25) is 0 Å². The van der Waals surface area contributed by atoms with Crippen molar-refractivity contribution in [1.29, 1.82) is 0 Å². The number of rotatable bonds is 6. The van der Waals surface area contributed by atoms with E-state index in [1.807, 2.05) is 4.40 Å². The zero-order chi connectivity index (χ0) is 15.4. The molecule has 0 fully saturated rings. The van der Waals surface area contributed by atoms with E-state index >= 15 is 0 Å². The molecular weight excluding hydrogens is 290 g/mol. The third-order valence-electron chi connectivity index (χ3n) is 3.67. The number of halogens is 1. The van der Waals surface area contributed by atoms with E-state index < -0.39 is 5.97 Å². The van der Waals surface area contributed by atoms with Gasteiger partial charge in [0.05, 0.1) is 17.7 Å². The molecule has 0 spiro atoms. The number of nitrogens with zero attached hydrogens (tertiary/aromatic N) is 3. The van der Waals surface area contributed by atoms with Gasteiger partial charge >= 0.3 is 5.97 Å². The molecule has 0 N–H and O–H groups in total. The molecule has 2 heterocycles. The minimum atomic E-state index is -0.417. The molecule has 2 aromatic rings. The largest absolute Gasteiger partial charge is 0.465 e. The van der Waals surface area contributed by atoms with Gasteiger partial charge in [0.25, 0.3) is 0 Å². The van der Waals surface area contributed by atoms with Gasteiger partial charge in [0, 0.05) is 12.1 Å². The third kappa shape index (κ3) is 3.18. The number of pyridine rings is 1. The van der Waals surface area contributed by atoms with Crippen molar-refractivity contribution in [2.24, 2.45) is 0 Å². The van der Waals surface area contributed by atoms with E-state index in [1.165, 1.54) is 7.11 Å². The van der Waals surface area contributed by atoms with E-state index in [4.69, 9.17) is 16.3 Å². The number of ether oxygens (including phenoxy) is 1. The van der Waals surface area contributed by atoms with Gasteiger partial charge < -0.3 is 4.74 Å². The number of fused-ring (bicyclic) bond motifs is 1. The Balaban J connectivity index is 2.49. The van der Waals surface area contributed by atoms with E-state index in [9.17, 15) is 4.79 Å². The van der Waals surface area contributed by atoms with Crippen molar-refractivity contribution in [2.75, 3.05) is 7.11 Å². The molecule has 0 aromatic carbocycles. The summed E-state index contributed by atoms with van der Waals surface area (Å²) in [4.78, 5) is 11.7. The first-order valence-electron chi connectivity index (χ1n) is 7.24. The lowest BCUT2D eigenvalue weighted by Crippen LogP contribution is -2.07. The van der Waals surface area contributed by atoms with Crippen LogP contribution in [0, 0.1) is 0 Å². The molecule has 1 atom stereocenters. The second kappa shape index (κ2) is 6.89. The molecule has 0 saturated carbocycles. The molecule has 6 heteroatoms. The number of unbranched alkanes of at least 4 members (excludes halogenated alkanes) is 1. The number of carbonyl (C=O) groups is 1. The Kier molecular flexibility index (Phi) is 5.17. The van der Waals surface area contributed by atoms with E-state index in [0.29, 0.717) is 22.2 Å². The molecule has 0 bridgehead atoms. The molecule has 2 aromatic heterocycles. The molecule has 1 unspecified atom stereocenters. The van der Waals surface area contributed by atoms with E-state index in [0.717, 1.165) is 31.5 Å². The lowest BCUT2D eigenvalue weighted by molar-refractivity contribution is 0.0600. The molecule has 5 nitrogen and oxygen atoms in total. The van der Waals surface area contributed by atoms with Crippen LogP contribution in [-0.2, 0) is 4.74 Å². The van der Waals surface area contributed by atoms with Crippen molar-refractivity contribution in [3.05, 3.63) is 28.7 Å². The Morgan fingerprint density at radius 1 is 1.43 bits per heavy atom. The quantitative estimate of drug-likeness (QED) is 0.760. The average molecular weight is 310 g/mol. The summed E-state index contributed by atoms with van der Waals surface area (Å²) in [6.07, 6.45) is 6.00. The van der Waals surface area contributed by atoms with Crippen molar-refractivity contribution in [3.8, 4) is 0 Å². The Hall–Kier alpha value is -1.62. The highest BCUT2D eigenvalue weighted by atomic mass is 35.5. The van der Waals surface area contributed by atoms with Crippen LogP contribution in [0.3, 0.4) is 0 Å². The predicted octanol–water partition coefficient (Wildman–Crippen LogP) is 3.85. The maximum atomic E-state index is 11.7. The number of carbonyl (C=O) groups excluding carboxylic acids is 1. The van der Waals surface area contributed by atoms with Crippen LogP contribution in [0.1, 0.15) is 61.6 Å². The summed E-state index contributed by atoms with van der Waals surface area (Å²) in [5.74, 6) is 0.748. The molecule has 0 aliphatic carbocycles. The Morgan fingerprint density at radius 2 is 2.19 bits per heavy atom. The Morgan fingerprint density at radius 3 is 2.81 bits per heavy atom. The van der Waals surface area contributed by atoms with Crippen LogP contribution >= 0.6 is 11.6 Å². The molecule has 2 rings (SSSR count). The first kappa shape index (κ1) is 15.8. The van der Waals surface area contributed by atoms with Crippen molar-refractivity contribution in [3.63, 3.8) is 0 Å². The Labute approximate surface area is 129 Å². The highest BCUT2D eigenvalue weighted by Crippen LogP contribution is 2.27. The van der Waals surface area contributed by atoms with Gasteiger partial charge in [-0.05, 0) is 18.9 Å². The van der Waals surface area contributed by atoms with Crippen molar-refractivity contribution >= 4 is 23.2 Å². The fourth-order valence-corrected chi connectivity index (χ4v) is 2.69. The molecule has 114 valence electrons. The smallest absolute Gasteiger partial charge is 0.339 e. The SMILES string of the molecule is CCCCC(CC)c1nnc2c(Cl)cc(C(=O)OC)cn12. The summed E-state index contributed by atoms with van der Waals surface area (Å²) in [6.45, 7) is 4.30. The predicted molar refractivity (Wildman–Crippen MR) is 81.9 cm³/mol. The minimum Gasteiger partial charge on any atom is -0.465 e. The lowest BCUT2D eigenvalue weighted by atomic mass is 9.98. The molecule has 21 heavy (non-hydrogen) atoms. The lowest BCUT2D eigenvalue weighted by Gasteiger charge is -2.13. The van der Waals surface area contributed by atoms with Crippen LogP contribution in [0.15, 0.2) is 12.3 Å². The van der Waals surface area contributed by atoms with Gasteiger partial charge in [-0.2, -0.15) is 0 Å². The van der Waals surface area contributed by atoms with Crippen LogP contribution in [-0.4, -0.2) is 27.7 Å². The van der Waals surface area contributed by atoms with E-state index in [1.54, 1.807) is 12.3 Å². The molecule has 0 amide bonds. The normalized spacial score (nSPS) is 12.6. The van der Waals surface area contributed by atoms with Gasteiger partial charge in [0.1, 0.15) is 5.82 Å². The second-order valence-electron chi connectivity index (χ2n) is 5.07. The van der Waals surface area contributed by atoms with Crippen LogP contribution < -0.4 is 0 Å². The van der Waals surface area contributed by atoms with Crippen molar-refractivity contribution in [1.82, 2.24) is 14.6 Å². The van der Waals surface area contributed by atoms with Crippen LogP contribution in [0.2, 0.25) is 5.02 Å². The van der Waals surface area contributed by atoms with Gasteiger partial charge in [-0.1, -0.05) is 38.3 Å². The fourth-order valence-electron chi connectivity index (χ4n) is 2.45. The summed E-state index contributed by atoms with van der Waals surface area (Å²) < 4.78 is 6.57. The summed E-state index contributed by atoms with van der Waals surface area (Å²) in [5, 5.41) is 8.84. The highest BCUT2D eigenvalue weighted by molar-refractivity contribution is 6.33. The van der Waals surface area contributed by atoms with E-state index in [-0.39, 0.29) is 0 Å². The minimum absolute atomic E-state index is 0.309. The van der Waals surface area contributed by atoms with Gasteiger partial charge in [0.15, 0.2) is 5.65 Å². The number of hydrogen-bond donors (Lipinski definition) is 0. The molecule has 0 aliphatic rings. The summed E-state index contributed by atoms with van der Waals surface area (Å²) in [6, 6.07) is 1.56. The molecular formula is C15H20ClN3O2. The summed E-state index contributed by atoms with van der Waals surface area (Å²) >= 11 is 6.20. The molecule has 0 radical (unpaired) electrons. The first-order chi connectivity index (χ1) is 10.1. The number of aromatic nitrogens is 3. The first-order valence-corrected chi connectivity index (χ1v) is 7.62. The van der Waals surface area contributed by atoms with E-state index in [2.05, 4.69) is 24.0 Å². The monoisotopic (exact) mass is 309 g/mol. The fraction of sp³-hybridized carbons (Fsp3) is 0.533. The number of hydrogen-bond acceptors (Lipinski definition) is 4. The van der Waals surface area contributed by atoms with Crippen LogP contribution in [0.4, 0.5) is 0 Å². The maximum absolute atomic E-state index is 11.7. The standard InChI is InChI=1S/C15H20ClN3O2/c1-4-6-7-10(5-2)13-17-18-14-12(16)8-11(9-19(13)14)15(20)21-3/h8-10H,4-7H2,1-3H3. The van der Waals surface area contributed by atoms with Gasteiger partial charge in [-0.3, -0.25) is 4.40 Å². The van der Waals surface area contributed by atoms with Crippen LogP contribution in [0.25, 0.3) is 5.65 Å².